The molecule has 1 rings (SSSR count). The van der Waals surface area contributed by atoms with Crippen molar-refractivity contribution in [3.63, 3.8) is 0 Å². The Bertz CT molecular complexity index is 331. The molecule has 0 N–H and O–H groups in total. The summed E-state index contributed by atoms with van der Waals surface area (Å²) in [5.74, 6) is -4.84. The van der Waals surface area contributed by atoms with Crippen LogP contribution in [0.5, 0.6) is 0 Å². The van der Waals surface area contributed by atoms with Gasteiger partial charge in [0.05, 0.1) is 5.56 Å². The van der Waals surface area contributed by atoms with Crippen LogP contribution in [-0.2, 0) is 5.92 Å². The van der Waals surface area contributed by atoms with E-state index in [1.165, 1.54) is 6.92 Å². The van der Waals surface area contributed by atoms with Crippen LogP contribution >= 0.6 is 0 Å². The molecule has 0 aliphatic rings. The average Bonchev–Trinajstić information content (AvgIpc) is 2.02. The normalized spacial score (nSPS) is 13.0. The SMILES string of the molecule is Cc1ccncc1C(F)(F)C(F)(F)F. The highest BCUT2D eigenvalue weighted by atomic mass is 19.4. The van der Waals surface area contributed by atoms with Crippen molar-refractivity contribution in [3.05, 3.63) is 29.6 Å². The van der Waals surface area contributed by atoms with Gasteiger partial charge in [-0.3, -0.25) is 4.98 Å². The van der Waals surface area contributed by atoms with E-state index in [1.807, 2.05) is 0 Å². The van der Waals surface area contributed by atoms with E-state index in [0.717, 1.165) is 12.3 Å². The van der Waals surface area contributed by atoms with E-state index < -0.39 is 17.7 Å². The lowest BCUT2D eigenvalue weighted by atomic mass is 10.1. The Balaban J connectivity index is 3.23. The fourth-order valence-electron chi connectivity index (χ4n) is 0.945. The van der Waals surface area contributed by atoms with Crippen molar-refractivity contribution in [2.45, 2.75) is 19.0 Å². The fourth-order valence-corrected chi connectivity index (χ4v) is 0.945. The molecule has 0 saturated carbocycles. The molecule has 6 heteroatoms. The highest BCUT2D eigenvalue weighted by Gasteiger charge is 2.59. The number of halogens is 5. The van der Waals surface area contributed by atoms with E-state index in [2.05, 4.69) is 4.98 Å². The van der Waals surface area contributed by atoms with Gasteiger partial charge in [-0.1, -0.05) is 0 Å². The van der Waals surface area contributed by atoms with E-state index in [4.69, 9.17) is 0 Å². The minimum Gasteiger partial charge on any atom is -0.264 e. The summed E-state index contributed by atoms with van der Waals surface area (Å²) >= 11 is 0. The summed E-state index contributed by atoms with van der Waals surface area (Å²) in [6.07, 6.45) is -3.89. The minimum atomic E-state index is -5.58. The Hall–Kier alpha value is -1.20. The molecule has 0 fully saturated rings. The number of pyridine rings is 1. The first kappa shape index (κ1) is 10.9. The van der Waals surface area contributed by atoms with E-state index >= 15 is 0 Å². The monoisotopic (exact) mass is 211 g/mol. The van der Waals surface area contributed by atoms with Crippen LogP contribution in [0.25, 0.3) is 0 Å². The third kappa shape index (κ3) is 1.69. The zero-order chi connectivity index (χ0) is 11.0. The molecule has 1 heterocycles. The standard InChI is InChI=1S/C8H6F5N/c1-5-2-3-14-4-6(5)7(9,10)8(11,12)13/h2-4H,1H3. The summed E-state index contributed by atoms with van der Waals surface area (Å²) in [6.45, 7) is 1.18. The lowest BCUT2D eigenvalue weighted by Crippen LogP contribution is -2.34. The number of aryl methyl sites for hydroxylation is 1. The molecule has 0 bridgehead atoms. The number of aromatic nitrogens is 1. The molecule has 78 valence electrons. The first-order valence-corrected chi connectivity index (χ1v) is 3.62. The van der Waals surface area contributed by atoms with Crippen LogP contribution in [0.2, 0.25) is 0 Å². The topological polar surface area (TPSA) is 12.9 Å². The van der Waals surface area contributed by atoms with Crippen LogP contribution in [0.15, 0.2) is 18.5 Å². The van der Waals surface area contributed by atoms with Gasteiger partial charge in [0, 0.05) is 12.4 Å². The average molecular weight is 211 g/mol. The molecule has 0 aliphatic carbocycles. The molecule has 0 unspecified atom stereocenters. The second-order valence-electron chi connectivity index (χ2n) is 2.76. The smallest absolute Gasteiger partial charge is 0.264 e. The van der Waals surface area contributed by atoms with E-state index in [0.29, 0.717) is 6.20 Å². The summed E-state index contributed by atoms with van der Waals surface area (Å²) in [4.78, 5) is 3.25. The maximum absolute atomic E-state index is 12.8. The zero-order valence-electron chi connectivity index (χ0n) is 7.07. The van der Waals surface area contributed by atoms with Crippen LogP contribution in [-0.4, -0.2) is 11.2 Å². The Morgan fingerprint density at radius 1 is 1.14 bits per heavy atom. The first-order chi connectivity index (χ1) is 6.27. The van der Waals surface area contributed by atoms with Crippen LogP contribution in [0.1, 0.15) is 11.1 Å². The van der Waals surface area contributed by atoms with E-state index in [1.54, 1.807) is 0 Å². The van der Waals surface area contributed by atoms with Gasteiger partial charge in [0.1, 0.15) is 0 Å². The molecule has 1 aromatic heterocycles. The highest BCUT2D eigenvalue weighted by molar-refractivity contribution is 5.27. The lowest BCUT2D eigenvalue weighted by Gasteiger charge is -2.20. The van der Waals surface area contributed by atoms with Gasteiger partial charge in [-0.2, -0.15) is 22.0 Å². The van der Waals surface area contributed by atoms with Crippen LogP contribution in [0, 0.1) is 6.92 Å². The maximum Gasteiger partial charge on any atom is 0.458 e. The lowest BCUT2D eigenvalue weighted by molar-refractivity contribution is -0.289. The van der Waals surface area contributed by atoms with E-state index in [9.17, 15) is 22.0 Å². The van der Waals surface area contributed by atoms with Crippen LogP contribution in [0.4, 0.5) is 22.0 Å². The molecule has 0 radical (unpaired) electrons. The summed E-state index contributed by atoms with van der Waals surface area (Å²) in [7, 11) is 0. The largest absolute Gasteiger partial charge is 0.458 e. The van der Waals surface area contributed by atoms with Gasteiger partial charge in [-0.05, 0) is 18.6 Å². The number of hydrogen-bond acceptors (Lipinski definition) is 1. The predicted octanol–water partition coefficient (Wildman–Crippen LogP) is 3.04. The van der Waals surface area contributed by atoms with Crippen molar-refractivity contribution in [3.8, 4) is 0 Å². The summed E-state index contributed by atoms with van der Waals surface area (Å²) in [5, 5.41) is 0. The fraction of sp³-hybridized carbons (Fsp3) is 0.375. The minimum absolute atomic E-state index is 0.137. The summed E-state index contributed by atoms with van der Waals surface area (Å²) in [6, 6.07) is 1.11. The van der Waals surface area contributed by atoms with E-state index in [-0.39, 0.29) is 5.56 Å². The Labute approximate surface area is 76.6 Å². The number of rotatable bonds is 1. The maximum atomic E-state index is 12.8. The Kier molecular flexibility index (Phi) is 2.47. The highest BCUT2D eigenvalue weighted by Crippen LogP contribution is 2.44. The Morgan fingerprint density at radius 3 is 2.14 bits per heavy atom. The van der Waals surface area contributed by atoms with Gasteiger partial charge in [0.25, 0.3) is 0 Å². The van der Waals surface area contributed by atoms with Gasteiger partial charge in [-0.15, -0.1) is 0 Å². The van der Waals surface area contributed by atoms with Crippen molar-refractivity contribution in [2.75, 3.05) is 0 Å². The molecular formula is C8H6F5N. The third-order valence-electron chi connectivity index (χ3n) is 1.73. The molecular weight excluding hydrogens is 205 g/mol. The second-order valence-corrected chi connectivity index (χ2v) is 2.76. The molecule has 0 atom stereocenters. The van der Waals surface area contributed by atoms with Crippen molar-refractivity contribution in [2.24, 2.45) is 0 Å². The van der Waals surface area contributed by atoms with Gasteiger partial charge in [0.2, 0.25) is 0 Å². The molecule has 0 spiro atoms. The number of hydrogen-bond donors (Lipinski definition) is 0. The zero-order valence-corrected chi connectivity index (χ0v) is 7.07. The Morgan fingerprint density at radius 2 is 1.71 bits per heavy atom. The molecule has 0 saturated heterocycles. The van der Waals surface area contributed by atoms with Crippen LogP contribution in [0.3, 0.4) is 0 Å². The van der Waals surface area contributed by atoms with Crippen molar-refractivity contribution < 1.29 is 22.0 Å². The van der Waals surface area contributed by atoms with Crippen molar-refractivity contribution >= 4 is 0 Å². The van der Waals surface area contributed by atoms with Crippen molar-refractivity contribution in [1.82, 2.24) is 4.98 Å². The third-order valence-corrected chi connectivity index (χ3v) is 1.73. The predicted molar refractivity (Wildman–Crippen MR) is 38.9 cm³/mol. The molecule has 14 heavy (non-hydrogen) atoms. The van der Waals surface area contributed by atoms with Gasteiger partial charge in [-0.25, -0.2) is 0 Å². The summed E-state index contributed by atoms with van der Waals surface area (Å²) in [5.41, 5.74) is -1.24. The van der Waals surface area contributed by atoms with Gasteiger partial charge >= 0.3 is 12.1 Å². The first-order valence-electron chi connectivity index (χ1n) is 3.62. The quantitative estimate of drug-likeness (QED) is 0.650. The molecule has 0 aromatic carbocycles. The van der Waals surface area contributed by atoms with Gasteiger partial charge < -0.3 is 0 Å². The number of alkyl halides is 5. The molecule has 1 nitrogen and oxygen atoms in total. The molecule has 1 aromatic rings. The van der Waals surface area contributed by atoms with Crippen molar-refractivity contribution in [1.29, 1.82) is 0 Å². The molecule has 0 aliphatic heterocycles. The van der Waals surface area contributed by atoms with Gasteiger partial charge in [0.15, 0.2) is 0 Å². The summed E-state index contributed by atoms with van der Waals surface area (Å²) < 4.78 is 61.3. The molecule has 0 amide bonds. The number of nitrogens with zero attached hydrogens (tertiary/aromatic N) is 1. The second kappa shape index (κ2) is 3.18. The van der Waals surface area contributed by atoms with Crippen LogP contribution < -0.4 is 0 Å².